The third kappa shape index (κ3) is 3.72. The maximum absolute atomic E-state index is 5.53. The predicted octanol–water partition coefficient (Wildman–Crippen LogP) is 6.12. The molecule has 0 amide bonds. The molecule has 5 nitrogen and oxygen atoms in total. The second-order valence-corrected chi connectivity index (χ2v) is 6.46. The number of H-pyrrole nitrogens is 1. The molecule has 0 aliphatic carbocycles. The van der Waals surface area contributed by atoms with Crippen LogP contribution in [0.1, 0.15) is 20.8 Å². The molecule has 148 valence electrons. The molecule has 1 aliphatic rings. The van der Waals surface area contributed by atoms with E-state index in [1.165, 1.54) is 5.56 Å². The molecule has 3 heterocycles. The van der Waals surface area contributed by atoms with Gasteiger partial charge in [0.2, 0.25) is 6.79 Å². The number of nitrogens with one attached hydrogen (secondary N) is 1. The highest BCUT2D eigenvalue weighted by Gasteiger charge is 2.19. The Morgan fingerprint density at radius 1 is 0.897 bits per heavy atom. The smallest absolute Gasteiger partial charge is 0.231 e. The summed E-state index contributed by atoms with van der Waals surface area (Å²) in [5.74, 6) is 2.30. The van der Waals surface area contributed by atoms with Gasteiger partial charge in [0, 0.05) is 18.8 Å². The van der Waals surface area contributed by atoms with E-state index in [4.69, 9.17) is 14.5 Å². The Morgan fingerprint density at radius 3 is 2.41 bits per heavy atom. The summed E-state index contributed by atoms with van der Waals surface area (Å²) >= 11 is 0. The third-order valence-electron chi connectivity index (χ3n) is 4.60. The lowest BCUT2D eigenvalue weighted by Gasteiger charge is -2.03. The summed E-state index contributed by atoms with van der Waals surface area (Å²) < 4.78 is 11.0. The van der Waals surface area contributed by atoms with Crippen LogP contribution in [0.2, 0.25) is 0 Å². The van der Waals surface area contributed by atoms with Gasteiger partial charge in [0.15, 0.2) is 11.5 Å². The van der Waals surface area contributed by atoms with E-state index in [0.717, 1.165) is 45.5 Å². The molecule has 0 radical (unpaired) electrons. The zero-order valence-corrected chi connectivity index (χ0v) is 16.8. The standard InChI is InChI=1S/C22H17N3O2.C2H6.H2/c1-14-5-7-15(8-6-14)22-24-20(21(25-22)17-4-2-3-11-23-17)16-9-10-18-19(12-16)27-13-26-18;1-2;/h2-12H,13H2,1H3,(H,24,25);1-2H3;1H. The number of pyridine rings is 1. The topological polar surface area (TPSA) is 60.0 Å². The molecule has 0 atom stereocenters. The van der Waals surface area contributed by atoms with Crippen LogP contribution in [0.25, 0.3) is 34.0 Å². The van der Waals surface area contributed by atoms with Crippen molar-refractivity contribution in [2.75, 3.05) is 6.79 Å². The number of rotatable bonds is 3. The molecule has 0 fully saturated rings. The molecule has 0 unspecified atom stereocenters. The van der Waals surface area contributed by atoms with E-state index in [1.807, 2.05) is 50.2 Å². The van der Waals surface area contributed by atoms with Crippen molar-refractivity contribution < 1.29 is 10.9 Å². The molecular weight excluding hydrogens is 362 g/mol. The van der Waals surface area contributed by atoms with Gasteiger partial charge in [-0.05, 0) is 37.3 Å². The number of imidazole rings is 1. The summed E-state index contributed by atoms with van der Waals surface area (Å²) in [5, 5.41) is 0. The van der Waals surface area contributed by atoms with Crippen molar-refractivity contribution in [3.63, 3.8) is 0 Å². The SMILES string of the molecule is CC.Cc1ccc(-c2nc(-c3ccc4c(c3)OCO4)c(-c3ccccn3)[nH]2)cc1.[HH]. The Kier molecular flexibility index (Phi) is 5.29. The Labute approximate surface area is 171 Å². The van der Waals surface area contributed by atoms with Crippen molar-refractivity contribution in [3.05, 3.63) is 72.4 Å². The van der Waals surface area contributed by atoms with Crippen LogP contribution in [0.5, 0.6) is 11.5 Å². The minimum atomic E-state index is 0. The fraction of sp³-hybridized carbons (Fsp3) is 0.167. The quantitative estimate of drug-likeness (QED) is 0.460. The van der Waals surface area contributed by atoms with Crippen LogP contribution >= 0.6 is 0 Å². The first-order valence-electron chi connectivity index (χ1n) is 9.76. The monoisotopic (exact) mass is 387 g/mol. The number of aryl methyl sites for hydroxylation is 1. The van der Waals surface area contributed by atoms with Crippen molar-refractivity contribution in [2.24, 2.45) is 0 Å². The Bertz CT molecular complexity index is 1110. The molecule has 1 N–H and O–H groups in total. The first-order valence-corrected chi connectivity index (χ1v) is 9.76. The number of fused-ring (bicyclic) bond motifs is 1. The molecule has 5 heteroatoms. The number of aromatic nitrogens is 3. The van der Waals surface area contributed by atoms with Crippen LogP contribution in [0.3, 0.4) is 0 Å². The number of hydrogen-bond donors (Lipinski definition) is 1. The van der Waals surface area contributed by atoms with E-state index >= 15 is 0 Å². The number of benzene rings is 2. The molecule has 2 aromatic carbocycles. The summed E-state index contributed by atoms with van der Waals surface area (Å²) in [6.07, 6.45) is 1.78. The maximum atomic E-state index is 5.53. The van der Waals surface area contributed by atoms with Gasteiger partial charge in [-0.1, -0.05) is 49.7 Å². The average Bonchev–Trinajstić information content (AvgIpc) is 3.43. The molecular formula is C24H25N3O2. The van der Waals surface area contributed by atoms with Crippen LogP contribution in [0.15, 0.2) is 66.9 Å². The van der Waals surface area contributed by atoms with E-state index in [1.54, 1.807) is 6.20 Å². The van der Waals surface area contributed by atoms with E-state index in [9.17, 15) is 0 Å². The second kappa shape index (κ2) is 8.19. The average molecular weight is 387 g/mol. The molecule has 0 saturated carbocycles. The van der Waals surface area contributed by atoms with E-state index < -0.39 is 0 Å². The lowest BCUT2D eigenvalue weighted by atomic mass is 10.1. The van der Waals surface area contributed by atoms with Gasteiger partial charge in [-0.25, -0.2) is 4.98 Å². The molecule has 0 spiro atoms. The highest BCUT2D eigenvalue weighted by molar-refractivity contribution is 5.80. The van der Waals surface area contributed by atoms with Gasteiger partial charge in [0.25, 0.3) is 0 Å². The van der Waals surface area contributed by atoms with Gasteiger partial charge in [0.1, 0.15) is 5.82 Å². The maximum Gasteiger partial charge on any atom is 0.231 e. The zero-order valence-electron chi connectivity index (χ0n) is 16.8. The summed E-state index contributed by atoms with van der Waals surface area (Å²) in [7, 11) is 0. The second-order valence-electron chi connectivity index (χ2n) is 6.46. The summed E-state index contributed by atoms with van der Waals surface area (Å²) in [5.41, 5.74) is 5.76. The summed E-state index contributed by atoms with van der Waals surface area (Å²) in [4.78, 5) is 12.8. The van der Waals surface area contributed by atoms with Crippen LogP contribution in [-0.4, -0.2) is 21.7 Å². The van der Waals surface area contributed by atoms with Crippen LogP contribution in [-0.2, 0) is 0 Å². The van der Waals surface area contributed by atoms with Gasteiger partial charge in [-0.2, -0.15) is 0 Å². The highest BCUT2D eigenvalue weighted by atomic mass is 16.7. The van der Waals surface area contributed by atoms with Crippen molar-refractivity contribution in [3.8, 4) is 45.5 Å². The fourth-order valence-electron chi connectivity index (χ4n) is 3.17. The lowest BCUT2D eigenvalue weighted by Crippen LogP contribution is -1.92. The molecule has 29 heavy (non-hydrogen) atoms. The first-order chi connectivity index (χ1) is 14.3. The largest absolute Gasteiger partial charge is 0.454 e. The normalized spacial score (nSPS) is 11.7. The van der Waals surface area contributed by atoms with Gasteiger partial charge >= 0.3 is 0 Å². The van der Waals surface area contributed by atoms with Crippen molar-refractivity contribution in [2.45, 2.75) is 20.8 Å². The fourth-order valence-corrected chi connectivity index (χ4v) is 3.17. The number of aromatic amines is 1. The number of hydrogen-bond acceptors (Lipinski definition) is 4. The molecule has 0 saturated heterocycles. The van der Waals surface area contributed by atoms with E-state index in [-0.39, 0.29) is 8.22 Å². The minimum absolute atomic E-state index is 0. The number of nitrogens with zero attached hydrogens (tertiary/aromatic N) is 2. The molecule has 4 aromatic rings. The number of ether oxygens (including phenoxy) is 2. The van der Waals surface area contributed by atoms with Crippen molar-refractivity contribution in [1.82, 2.24) is 15.0 Å². The van der Waals surface area contributed by atoms with Gasteiger partial charge in [0.05, 0.1) is 17.1 Å². The van der Waals surface area contributed by atoms with Crippen LogP contribution in [0.4, 0.5) is 0 Å². The predicted molar refractivity (Wildman–Crippen MR) is 117 cm³/mol. The molecule has 5 rings (SSSR count). The van der Waals surface area contributed by atoms with E-state index in [2.05, 4.69) is 41.2 Å². The van der Waals surface area contributed by atoms with Crippen LogP contribution < -0.4 is 9.47 Å². The highest BCUT2D eigenvalue weighted by Crippen LogP contribution is 2.38. The van der Waals surface area contributed by atoms with E-state index in [0.29, 0.717) is 0 Å². The summed E-state index contributed by atoms with van der Waals surface area (Å²) in [6.45, 7) is 6.32. The molecule has 2 aromatic heterocycles. The van der Waals surface area contributed by atoms with Gasteiger partial charge < -0.3 is 14.5 Å². The Morgan fingerprint density at radius 2 is 1.66 bits per heavy atom. The minimum Gasteiger partial charge on any atom is -0.454 e. The Hall–Kier alpha value is -3.60. The lowest BCUT2D eigenvalue weighted by molar-refractivity contribution is 0.174. The van der Waals surface area contributed by atoms with Crippen LogP contribution in [0, 0.1) is 6.92 Å². The zero-order chi connectivity index (χ0) is 20.2. The summed E-state index contributed by atoms with van der Waals surface area (Å²) in [6, 6.07) is 20.0. The Balaban J connectivity index is 0.000000830. The van der Waals surface area contributed by atoms with Crippen molar-refractivity contribution >= 4 is 0 Å². The van der Waals surface area contributed by atoms with Gasteiger partial charge in [-0.15, -0.1) is 0 Å². The van der Waals surface area contributed by atoms with Crippen molar-refractivity contribution in [1.29, 1.82) is 0 Å². The molecule has 1 aliphatic heterocycles. The third-order valence-corrected chi connectivity index (χ3v) is 4.60. The van der Waals surface area contributed by atoms with Gasteiger partial charge in [-0.3, -0.25) is 4.98 Å². The molecule has 0 bridgehead atoms. The first kappa shape index (κ1) is 18.7.